The number of hydrogen-bond acceptors (Lipinski definition) is 3. The molecule has 17 heavy (non-hydrogen) atoms. The lowest BCUT2D eigenvalue weighted by Crippen LogP contribution is -2.01. The van der Waals surface area contributed by atoms with Crippen molar-refractivity contribution in [2.45, 2.75) is 39.0 Å². The van der Waals surface area contributed by atoms with Crippen molar-refractivity contribution in [3.63, 3.8) is 0 Å². The van der Waals surface area contributed by atoms with Crippen LogP contribution in [0.25, 0.3) is 0 Å². The van der Waals surface area contributed by atoms with Gasteiger partial charge in [0, 0.05) is 0 Å². The van der Waals surface area contributed by atoms with Gasteiger partial charge < -0.3 is 15.6 Å². The van der Waals surface area contributed by atoms with Crippen LogP contribution in [0, 0.1) is 0 Å². The van der Waals surface area contributed by atoms with Crippen molar-refractivity contribution in [1.82, 2.24) is 0 Å². The van der Waals surface area contributed by atoms with Crippen LogP contribution in [-0.4, -0.2) is 18.8 Å². The molecule has 0 aliphatic heterocycles. The largest absolute Gasteiger partial charge is 0.504 e. The number of phenolic OH excluding ortho intramolecular Hbond substituents is 1. The van der Waals surface area contributed by atoms with Gasteiger partial charge in [-0.25, -0.2) is 0 Å². The van der Waals surface area contributed by atoms with Gasteiger partial charge >= 0.3 is 0 Å². The maximum Gasteiger partial charge on any atom is 0.163 e. The van der Waals surface area contributed by atoms with Crippen molar-refractivity contribution < 1.29 is 9.84 Å². The zero-order valence-electron chi connectivity index (χ0n) is 11.0. The Morgan fingerprint density at radius 2 is 2.00 bits per heavy atom. The van der Waals surface area contributed by atoms with Crippen LogP contribution < -0.4 is 10.5 Å². The normalized spacial score (nSPS) is 10.9. The monoisotopic (exact) mass is 237 g/mol. The maximum atomic E-state index is 9.93. The third-order valence-corrected chi connectivity index (χ3v) is 2.94. The topological polar surface area (TPSA) is 55.5 Å². The Morgan fingerprint density at radius 3 is 2.53 bits per heavy atom. The second kappa shape index (κ2) is 6.50. The number of unbranched alkanes of at least 4 members (excludes halogenated alkanes) is 1. The van der Waals surface area contributed by atoms with Gasteiger partial charge in [0.1, 0.15) is 0 Å². The number of aryl methyl sites for hydroxylation is 1. The lowest BCUT2D eigenvalue weighted by molar-refractivity contribution is 0.368. The van der Waals surface area contributed by atoms with Gasteiger partial charge in [-0.3, -0.25) is 0 Å². The molecule has 0 amide bonds. The number of hydrogen-bond donors (Lipinski definition) is 2. The number of rotatable bonds is 6. The molecule has 0 radical (unpaired) electrons. The molecule has 0 aromatic heterocycles. The zero-order chi connectivity index (χ0) is 12.8. The average Bonchev–Trinajstić information content (AvgIpc) is 2.28. The molecule has 0 saturated carbocycles. The molecule has 0 aliphatic rings. The van der Waals surface area contributed by atoms with E-state index in [2.05, 4.69) is 19.9 Å². The van der Waals surface area contributed by atoms with Gasteiger partial charge in [0.2, 0.25) is 0 Å². The van der Waals surface area contributed by atoms with Crippen molar-refractivity contribution in [2.75, 3.05) is 13.7 Å². The van der Waals surface area contributed by atoms with E-state index in [1.54, 1.807) is 13.2 Å². The van der Waals surface area contributed by atoms with Crippen LogP contribution in [0.4, 0.5) is 0 Å². The van der Waals surface area contributed by atoms with Gasteiger partial charge in [-0.05, 0) is 48.9 Å². The van der Waals surface area contributed by atoms with Crippen LogP contribution >= 0.6 is 0 Å². The second-order valence-corrected chi connectivity index (χ2v) is 4.63. The summed E-state index contributed by atoms with van der Waals surface area (Å²) in [4.78, 5) is 0. The molecule has 0 unspecified atom stereocenters. The summed E-state index contributed by atoms with van der Waals surface area (Å²) >= 11 is 0. The molecule has 1 aromatic carbocycles. The van der Waals surface area contributed by atoms with Gasteiger partial charge in [0.25, 0.3) is 0 Å². The fourth-order valence-electron chi connectivity index (χ4n) is 1.91. The number of aromatic hydroxyl groups is 1. The van der Waals surface area contributed by atoms with Crippen LogP contribution in [0.3, 0.4) is 0 Å². The smallest absolute Gasteiger partial charge is 0.163 e. The standard InChI is InChI=1S/C14H23NO2/c1-10(2)12-8-11(6-4-5-7-15)14(17-3)13(16)9-12/h8-10,16H,4-7,15H2,1-3H3. The minimum atomic E-state index is 0.237. The maximum absolute atomic E-state index is 9.93. The first-order valence-electron chi connectivity index (χ1n) is 6.20. The number of phenols is 1. The molecule has 3 nitrogen and oxygen atoms in total. The van der Waals surface area contributed by atoms with E-state index in [-0.39, 0.29) is 5.75 Å². The van der Waals surface area contributed by atoms with E-state index >= 15 is 0 Å². The molecule has 3 heteroatoms. The molecular weight excluding hydrogens is 214 g/mol. The fraction of sp³-hybridized carbons (Fsp3) is 0.571. The molecule has 1 aromatic rings. The van der Waals surface area contributed by atoms with E-state index in [4.69, 9.17) is 10.5 Å². The minimum absolute atomic E-state index is 0.237. The average molecular weight is 237 g/mol. The summed E-state index contributed by atoms with van der Waals surface area (Å²) in [5.74, 6) is 1.24. The first kappa shape index (κ1) is 13.8. The Balaban J connectivity index is 2.97. The molecular formula is C14H23NO2. The van der Waals surface area contributed by atoms with Gasteiger partial charge in [-0.15, -0.1) is 0 Å². The van der Waals surface area contributed by atoms with Crippen molar-refractivity contribution in [3.05, 3.63) is 23.3 Å². The van der Waals surface area contributed by atoms with Crippen molar-refractivity contribution in [3.8, 4) is 11.5 Å². The highest BCUT2D eigenvalue weighted by atomic mass is 16.5. The molecule has 3 N–H and O–H groups in total. The minimum Gasteiger partial charge on any atom is -0.504 e. The quantitative estimate of drug-likeness (QED) is 0.748. The van der Waals surface area contributed by atoms with Gasteiger partial charge in [-0.1, -0.05) is 19.9 Å². The van der Waals surface area contributed by atoms with Crippen LogP contribution in [0.15, 0.2) is 12.1 Å². The van der Waals surface area contributed by atoms with E-state index in [9.17, 15) is 5.11 Å². The SMILES string of the molecule is COc1c(O)cc(C(C)C)cc1CCCCN. The highest BCUT2D eigenvalue weighted by Gasteiger charge is 2.12. The van der Waals surface area contributed by atoms with Crippen LogP contribution in [0.5, 0.6) is 11.5 Å². The molecule has 0 spiro atoms. The summed E-state index contributed by atoms with van der Waals surface area (Å²) in [6.45, 7) is 4.94. The zero-order valence-corrected chi connectivity index (χ0v) is 11.0. The van der Waals surface area contributed by atoms with Crippen molar-refractivity contribution in [2.24, 2.45) is 5.73 Å². The molecule has 0 bridgehead atoms. The fourth-order valence-corrected chi connectivity index (χ4v) is 1.91. The van der Waals surface area contributed by atoms with E-state index in [0.29, 0.717) is 18.2 Å². The van der Waals surface area contributed by atoms with E-state index in [1.165, 1.54) is 0 Å². The van der Waals surface area contributed by atoms with Crippen LogP contribution in [-0.2, 0) is 6.42 Å². The van der Waals surface area contributed by atoms with E-state index in [0.717, 1.165) is 30.4 Å². The molecule has 1 rings (SSSR count). The summed E-state index contributed by atoms with van der Waals surface area (Å²) in [5.41, 5.74) is 7.71. The first-order valence-corrected chi connectivity index (χ1v) is 6.20. The second-order valence-electron chi connectivity index (χ2n) is 4.63. The lowest BCUT2D eigenvalue weighted by Gasteiger charge is -2.14. The summed E-state index contributed by atoms with van der Waals surface area (Å²) < 4.78 is 5.26. The Bertz CT molecular complexity index is 361. The summed E-state index contributed by atoms with van der Waals surface area (Å²) in [7, 11) is 1.59. The molecule has 0 aliphatic carbocycles. The third kappa shape index (κ3) is 3.63. The molecule has 0 heterocycles. The summed E-state index contributed by atoms with van der Waals surface area (Å²) in [5, 5.41) is 9.93. The van der Waals surface area contributed by atoms with Crippen molar-refractivity contribution >= 4 is 0 Å². The Hall–Kier alpha value is -1.22. The Morgan fingerprint density at radius 1 is 1.29 bits per heavy atom. The highest BCUT2D eigenvalue weighted by molar-refractivity contribution is 5.49. The molecule has 0 saturated heterocycles. The molecule has 96 valence electrons. The first-order chi connectivity index (χ1) is 8.10. The predicted octanol–water partition coefficient (Wildman–Crippen LogP) is 2.81. The summed E-state index contributed by atoms with van der Waals surface area (Å²) in [6.07, 6.45) is 2.91. The Labute approximate surface area is 104 Å². The molecule has 0 fully saturated rings. The number of ether oxygens (including phenoxy) is 1. The highest BCUT2D eigenvalue weighted by Crippen LogP contribution is 2.34. The van der Waals surface area contributed by atoms with Gasteiger partial charge in [0.05, 0.1) is 7.11 Å². The number of methoxy groups -OCH3 is 1. The van der Waals surface area contributed by atoms with Crippen LogP contribution in [0.2, 0.25) is 0 Å². The van der Waals surface area contributed by atoms with E-state index < -0.39 is 0 Å². The summed E-state index contributed by atoms with van der Waals surface area (Å²) in [6, 6.07) is 3.91. The van der Waals surface area contributed by atoms with Gasteiger partial charge in [0.15, 0.2) is 11.5 Å². The van der Waals surface area contributed by atoms with Crippen LogP contribution in [0.1, 0.15) is 43.7 Å². The van der Waals surface area contributed by atoms with Gasteiger partial charge in [-0.2, -0.15) is 0 Å². The van der Waals surface area contributed by atoms with Crippen molar-refractivity contribution in [1.29, 1.82) is 0 Å². The number of nitrogens with two attached hydrogens (primary N) is 1. The number of benzene rings is 1. The predicted molar refractivity (Wildman–Crippen MR) is 70.7 cm³/mol. The third-order valence-electron chi connectivity index (χ3n) is 2.94. The Kier molecular flexibility index (Phi) is 5.29. The lowest BCUT2D eigenvalue weighted by atomic mass is 9.97. The van der Waals surface area contributed by atoms with E-state index in [1.807, 2.05) is 0 Å². The molecule has 0 atom stereocenters.